The number of methoxy groups -OCH3 is 1. The van der Waals surface area contributed by atoms with E-state index in [2.05, 4.69) is 26.6 Å². The van der Waals surface area contributed by atoms with E-state index in [0.717, 1.165) is 21.3 Å². The van der Waals surface area contributed by atoms with Crippen molar-refractivity contribution < 1.29 is 14.3 Å². The molecule has 4 rings (SSSR count). The number of amides is 1. The number of anilines is 2. The largest absolute Gasteiger partial charge is 0.465 e. The van der Waals surface area contributed by atoms with Gasteiger partial charge >= 0.3 is 5.97 Å². The first-order valence-corrected chi connectivity index (χ1v) is 9.72. The van der Waals surface area contributed by atoms with Gasteiger partial charge in [0.25, 0.3) is 5.91 Å². The van der Waals surface area contributed by atoms with E-state index in [1.54, 1.807) is 18.2 Å². The third kappa shape index (κ3) is 3.79. The summed E-state index contributed by atoms with van der Waals surface area (Å²) in [5, 5.41) is 6.25. The molecule has 3 aromatic rings. The van der Waals surface area contributed by atoms with Crippen LogP contribution in [0.2, 0.25) is 0 Å². The molecule has 0 radical (unpaired) electrons. The monoisotopic (exact) mass is 448 g/mol. The average molecular weight is 449 g/mol. The van der Waals surface area contributed by atoms with Crippen molar-refractivity contribution in [1.82, 2.24) is 0 Å². The molecule has 6 heteroatoms. The highest BCUT2D eigenvalue weighted by Gasteiger charge is 2.29. The smallest absolute Gasteiger partial charge is 0.337 e. The fourth-order valence-corrected chi connectivity index (χ4v) is 3.49. The van der Waals surface area contributed by atoms with E-state index >= 15 is 0 Å². The van der Waals surface area contributed by atoms with Crippen LogP contribution in [0.1, 0.15) is 21.5 Å². The molecule has 0 aromatic heterocycles. The van der Waals surface area contributed by atoms with Crippen LogP contribution in [-0.2, 0) is 9.53 Å². The predicted molar refractivity (Wildman–Crippen MR) is 117 cm³/mol. The molecule has 0 aliphatic carbocycles. The summed E-state index contributed by atoms with van der Waals surface area (Å²) in [6.45, 7) is 0. The van der Waals surface area contributed by atoms with Crippen LogP contribution >= 0.6 is 15.9 Å². The zero-order valence-electron chi connectivity index (χ0n) is 15.5. The van der Waals surface area contributed by atoms with Crippen LogP contribution in [0.3, 0.4) is 0 Å². The second-order valence-electron chi connectivity index (χ2n) is 6.45. The van der Waals surface area contributed by atoms with E-state index in [9.17, 15) is 9.59 Å². The number of carbonyl (C=O) groups is 2. The Hall–Kier alpha value is -3.38. The lowest BCUT2D eigenvalue weighted by atomic mass is 9.99. The Morgan fingerprint density at radius 1 is 0.966 bits per heavy atom. The number of ether oxygens (including phenoxy) is 1. The maximum absolute atomic E-state index is 12.9. The van der Waals surface area contributed by atoms with Gasteiger partial charge in [-0.25, -0.2) is 4.79 Å². The summed E-state index contributed by atoms with van der Waals surface area (Å²) in [7, 11) is 1.33. The van der Waals surface area contributed by atoms with Gasteiger partial charge in [-0.15, -0.1) is 0 Å². The third-order valence-corrected chi connectivity index (χ3v) is 5.14. The summed E-state index contributed by atoms with van der Waals surface area (Å²) in [5.41, 5.74) is 4.64. The van der Waals surface area contributed by atoms with E-state index in [-0.39, 0.29) is 5.91 Å². The Kier molecular flexibility index (Phi) is 5.18. The van der Waals surface area contributed by atoms with E-state index in [1.165, 1.54) is 7.11 Å². The highest BCUT2D eigenvalue weighted by molar-refractivity contribution is 9.10. The van der Waals surface area contributed by atoms with Crippen molar-refractivity contribution in [2.24, 2.45) is 0 Å². The van der Waals surface area contributed by atoms with Gasteiger partial charge in [0.2, 0.25) is 0 Å². The predicted octanol–water partition coefficient (Wildman–Crippen LogP) is 5.17. The van der Waals surface area contributed by atoms with Crippen molar-refractivity contribution in [3.8, 4) is 0 Å². The average Bonchev–Trinajstić information content (AvgIpc) is 3.08. The molecule has 29 heavy (non-hydrogen) atoms. The zero-order valence-corrected chi connectivity index (χ0v) is 17.1. The topological polar surface area (TPSA) is 67.4 Å². The molecule has 1 amide bonds. The van der Waals surface area contributed by atoms with Crippen molar-refractivity contribution in [1.29, 1.82) is 0 Å². The van der Waals surface area contributed by atoms with E-state index in [0.29, 0.717) is 22.5 Å². The number of nitrogens with one attached hydrogen (secondary N) is 2. The molecule has 144 valence electrons. The molecule has 0 saturated heterocycles. The van der Waals surface area contributed by atoms with Crippen molar-refractivity contribution in [2.75, 3.05) is 17.7 Å². The molecule has 0 saturated carbocycles. The number of esters is 1. The molecule has 0 spiro atoms. The Bertz CT molecular complexity index is 1120. The summed E-state index contributed by atoms with van der Waals surface area (Å²) in [5.74, 6) is -0.679. The van der Waals surface area contributed by atoms with Crippen molar-refractivity contribution >= 4 is 50.5 Å². The minimum atomic E-state index is -0.448. The highest BCUT2D eigenvalue weighted by atomic mass is 79.9. The first-order chi connectivity index (χ1) is 14.1. The summed E-state index contributed by atoms with van der Waals surface area (Å²) in [4.78, 5) is 24.7. The zero-order chi connectivity index (χ0) is 20.4. The molecule has 3 aromatic carbocycles. The lowest BCUT2D eigenvalue weighted by Gasteiger charge is -2.15. The Balaban J connectivity index is 1.86. The molecule has 2 N–H and O–H groups in total. The molecule has 1 heterocycles. The minimum absolute atomic E-state index is 0.231. The first-order valence-electron chi connectivity index (χ1n) is 8.93. The molecule has 1 aliphatic rings. The van der Waals surface area contributed by atoms with E-state index < -0.39 is 5.97 Å². The SMILES string of the molecule is COC(=O)c1ccc2c(c1)NC(=O)/C2=C(\Nc1ccc(Br)cc1)c1ccccc1. The fraction of sp³-hybridized carbons (Fsp3) is 0.0435. The van der Waals surface area contributed by atoms with Gasteiger partial charge in [-0.05, 0) is 42.0 Å². The summed E-state index contributed by atoms with van der Waals surface area (Å²) < 4.78 is 5.74. The quantitative estimate of drug-likeness (QED) is 0.426. The number of rotatable bonds is 4. The van der Waals surface area contributed by atoms with Crippen LogP contribution in [0.5, 0.6) is 0 Å². The number of benzene rings is 3. The van der Waals surface area contributed by atoms with Gasteiger partial charge in [0.05, 0.1) is 29.6 Å². The number of halogens is 1. The fourth-order valence-electron chi connectivity index (χ4n) is 3.23. The maximum Gasteiger partial charge on any atom is 0.337 e. The van der Waals surface area contributed by atoms with Crippen LogP contribution < -0.4 is 10.6 Å². The van der Waals surface area contributed by atoms with Gasteiger partial charge in [-0.2, -0.15) is 0 Å². The van der Waals surface area contributed by atoms with Crippen molar-refractivity contribution in [3.63, 3.8) is 0 Å². The van der Waals surface area contributed by atoms with Gasteiger partial charge in [0, 0.05) is 15.7 Å². The Morgan fingerprint density at radius 3 is 2.38 bits per heavy atom. The van der Waals surface area contributed by atoms with E-state index in [4.69, 9.17) is 4.74 Å². The highest BCUT2D eigenvalue weighted by Crippen LogP contribution is 2.38. The van der Waals surface area contributed by atoms with Gasteiger partial charge in [-0.1, -0.05) is 52.3 Å². The first kappa shape index (κ1) is 19.0. The number of fused-ring (bicyclic) bond motifs is 1. The Labute approximate surface area is 176 Å². The molecule has 0 unspecified atom stereocenters. The maximum atomic E-state index is 12.9. The van der Waals surface area contributed by atoms with Gasteiger partial charge in [-0.3, -0.25) is 4.79 Å². The number of carbonyl (C=O) groups excluding carboxylic acids is 2. The summed E-state index contributed by atoms with van der Waals surface area (Å²) >= 11 is 3.44. The van der Waals surface area contributed by atoms with Crippen molar-refractivity contribution in [3.05, 3.63) is 94.0 Å². The lowest BCUT2D eigenvalue weighted by molar-refractivity contribution is -0.110. The van der Waals surface area contributed by atoms with Crippen LogP contribution in [0.4, 0.5) is 11.4 Å². The molecule has 5 nitrogen and oxygen atoms in total. The van der Waals surface area contributed by atoms with Gasteiger partial charge < -0.3 is 15.4 Å². The molecule has 0 fully saturated rings. The molecule has 0 atom stereocenters. The standard InChI is InChI=1S/C23H17BrN2O3/c1-29-23(28)15-7-12-18-19(13-15)26-22(27)20(18)21(14-5-3-2-4-6-14)25-17-10-8-16(24)9-11-17/h2-13,25H,1H3,(H,26,27)/b21-20-. The van der Waals surface area contributed by atoms with Crippen molar-refractivity contribution in [2.45, 2.75) is 0 Å². The van der Waals surface area contributed by atoms with Gasteiger partial charge in [0.1, 0.15) is 0 Å². The van der Waals surface area contributed by atoms with Crippen LogP contribution in [-0.4, -0.2) is 19.0 Å². The number of hydrogen-bond donors (Lipinski definition) is 2. The molecular weight excluding hydrogens is 432 g/mol. The van der Waals surface area contributed by atoms with Crippen LogP contribution in [0.25, 0.3) is 11.3 Å². The molecule has 0 bridgehead atoms. The van der Waals surface area contributed by atoms with Gasteiger partial charge in [0.15, 0.2) is 0 Å². The molecular formula is C23H17BrN2O3. The normalized spacial score (nSPS) is 14.1. The summed E-state index contributed by atoms with van der Waals surface area (Å²) in [6.07, 6.45) is 0. The molecule has 1 aliphatic heterocycles. The second-order valence-corrected chi connectivity index (χ2v) is 7.37. The second kappa shape index (κ2) is 7.93. The summed E-state index contributed by atoms with van der Waals surface area (Å²) in [6, 6.07) is 22.5. The van der Waals surface area contributed by atoms with Crippen LogP contribution in [0.15, 0.2) is 77.3 Å². The van der Waals surface area contributed by atoms with E-state index in [1.807, 2.05) is 54.6 Å². The minimum Gasteiger partial charge on any atom is -0.465 e. The van der Waals surface area contributed by atoms with Crippen LogP contribution in [0, 0.1) is 0 Å². The Morgan fingerprint density at radius 2 is 1.69 bits per heavy atom. The number of hydrogen-bond acceptors (Lipinski definition) is 4. The third-order valence-electron chi connectivity index (χ3n) is 4.61. The lowest BCUT2D eigenvalue weighted by Crippen LogP contribution is -2.10.